The lowest BCUT2D eigenvalue weighted by atomic mass is 10.0. The van der Waals surface area contributed by atoms with Gasteiger partial charge in [0, 0.05) is 43.9 Å². The molecule has 36 heavy (non-hydrogen) atoms. The fourth-order valence-electron chi connectivity index (χ4n) is 4.07. The van der Waals surface area contributed by atoms with Crippen LogP contribution >= 0.6 is 0 Å². The van der Waals surface area contributed by atoms with Crippen LogP contribution in [0.5, 0.6) is 34.5 Å². The lowest BCUT2D eigenvalue weighted by Crippen LogP contribution is -2.32. The molecule has 0 aliphatic heterocycles. The van der Waals surface area contributed by atoms with Crippen molar-refractivity contribution in [1.29, 1.82) is 0 Å². The number of allylic oxidation sites excluding steroid dienone is 1. The molecule has 0 aliphatic rings. The predicted octanol–water partition coefficient (Wildman–Crippen LogP) is 4.60. The SMILES string of the molecule is COc1ccc(CNCCN(CC=C(C)C)Cc2c(C)c(OC)c(OC)c(OC)c2OC)cc1OC. The topological polar surface area (TPSA) is 70.7 Å². The summed E-state index contributed by atoms with van der Waals surface area (Å²) in [6.07, 6.45) is 2.23. The van der Waals surface area contributed by atoms with Crippen molar-refractivity contribution in [3.05, 3.63) is 46.5 Å². The number of nitrogens with zero attached hydrogens (tertiary/aromatic N) is 1. The molecule has 0 bridgehead atoms. The highest BCUT2D eigenvalue weighted by Crippen LogP contribution is 2.49. The van der Waals surface area contributed by atoms with Gasteiger partial charge in [-0.15, -0.1) is 0 Å². The molecule has 8 nitrogen and oxygen atoms in total. The van der Waals surface area contributed by atoms with Gasteiger partial charge in [-0.1, -0.05) is 17.7 Å². The minimum atomic E-state index is 0.533. The van der Waals surface area contributed by atoms with Gasteiger partial charge in [-0.3, -0.25) is 4.90 Å². The van der Waals surface area contributed by atoms with Crippen LogP contribution in [0.3, 0.4) is 0 Å². The highest BCUT2D eigenvalue weighted by Gasteiger charge is 2.26. The third-order valence-electron chi connectivity index (χ3n) is 6.02. The maximum atomic E-state index is 5.80. The molecule has 0 spiro atoms. The van der Waals surface area contributed by atoms with Crippen LogP contribution in [0.1, 0.15) is 30.5 Å². The van der Waals surface area contributed by atoms with Gasteiger partial charge in [0.2, 0.25) is 11.5 Å². The second kappa shape index (κ2) is 14.5. The van der Waals surface area contributed by atoms with Crippen molar-refractivity contribution in [3.8, 4) is 34.5 Å². The molecule has 0 saturated carbocycles. The van der Waals surface area contributed by atoms with Crippen molar-refractivity contribution < 1.29 is 28.4 Å². The van der Waals surface area contributed by atoms with Crippen molar-refractivity contribution in [2.75, 3.05) is 62.3 Å². The summed E-state index contributed by atoms with van der Waals surface area (Å²) in [5, 5.41) is 3.54. The van der Waals surface area contributed by atoms with Crippen LogP contribution in [0.15, 0.2) is 29.8 Å². The Balaban J connectivity index is 2.22. The van der Waals surface area contributed by atoms with Crippen LogP contribution in [-0.4, -0.2) is 67.2 Å². The molecule has 0 unspecified atom stereocenters. The van der Waals surface area contributed by atoms with Gasteiger partial charge >= 0.3 is 0 Å². The van der Waals surface area contributed by atoms with E-state index in [2.05, 4.69) is 30.1 Å². The summed E-state index contributed by atoms with van der Waals surface area (Å²) in [6.45, 7) is 10.1. The zero-order valence-electron chi connectivity index (χ0n) is 23.2. The van der Waals surface area contributed by atoms with E-state index in [0.29, 0.717) is 29.5 Å². The minimum absolute atomic E-state index is 0.533. The van der Waals surface area contributed by atoms with E-state index in [1.807, 2.05) is 25.1 Å². The zero-order valence-corrected chi connectivity index (χ0v) is 23.2. The number of ether oxygens (including phenoxy) is 6. The monoisotopic (exact) mass is 502 g/mol. The molecule has 2 aromatic rings. The van der Waals surface area contributed by atoms with E-state index in [0.717, 1.165) is 54.4 Å². The Bertz CT molecular complexity index is 1020. The summed E-state index contributed by atoms with van der Waals surface area (Å²) in [6, 6.07) is 5.97. The number of nitrogens with one attached hydrogen (secondary N) is 1. The highest BCUT2D eigenvalue weighted by molar-refractivity contribution is 5.66. The third kappa shape index (κ3) is 7.21. The Morgan fingerprint density at radius 2 is 1.42 bits per heavy atom. The van der Waals surface area contributed by atoms with Crippen LogP contribution in [0.4, 0.5) is 0 Å². The zero-order chi connectivity index (χ0) is 26.7. The van der Waals surface area contributed by atoms with Crippen LogP contribution < -0.4 is 33.7 Å². The molecule has 8 heteroatoms. The summed E-state index contributed by atoms with van der Waals surface area (Å²) < 4.78 is 33.5. The maximum Gasteiger partial charge on any atom is 0.207 e. The molecule has 0 aliphatic carbocycles. The van der Waals surface area contributed by atoms with Crippen molar-refractivity contribution in [3.63, 3.8) is 0 Å². The minimum Gasteiger partial charge on any atom is -0.493 e. The predicted molar refractivity (Wildman–Crippen MR) is 143 cm³/mol. The average molecular weight is 503 g/mol. The normalized spacial score (nSPS) is 10.7. The highest BCUT2D eigenvalue weighted by atomic mass is 16.5. The third-order valence-corrected chi connectivity index (χ3v) is 6.02. The van der Waals surface area contributed by atoms with Crippen molar-refractivity contribution in [2.45, 2.75) is 33.9 Å². The summed E-state index contributed by atoms with van der Waals surface area (Å²) in [7, 11) is 9.79. The number of methoxy groups -OCH3 is 6. The summed E-state index contributed by atoms with van der Waals surface area (Å²) in [4.78, 5) is 2.37. The van der Waals surface area contributed by atoms with Gasteiger partial charge in [-0.25, -0.2) is 0 Å². The Kier molecular flexibility index (Phi) is 11.7. The van der Waals surface area contributed by atoms with Gasteiger partial charge < -0.3 is 33.7 Å². The second-order valence-electron chi connectivity index (χ2n) is 8.62. The van der Waals surface area contributed by atoms with E-state index in [4.69, 9.17) is 28.4 Å². The van der Waals surface area contributed by atoms with Gasteiger partial charge in [0.15, 0.2) is 23.0 Å². The first-order valence-electron chi connectivity index (χ1n) is 12.0. The molecular formula is C28H42N2O6. The Hall–Kier alpha value is -3.10. The Labute approximate surface area is 216 Å². The summed E-state index contributed by atoms with van der Waals surface area (Å²) >= 11 is 0. The number of hydrogen-bond donors (Lipinski definition) is 1. The van der Waals surface area contributed by atoms with E-state index in [1.54, 1.807) is 42.7 Å². The van der Waals surface area contributed by atoms with E-state index in [9.17, 15) is 0 Å². The van der Waals surface area contributed by atoms with Gasteiger partial charge in [0.25, 0.3) is 0 Å². The molecule has 0 saturated heterocycles. The van der Waals surface area contributed by atoms with Gasteiger partial charge in [-0.05, 0) is 38.5 Å². The summed E-state index contributed by atoms with van der Waals surface area (Å²) in [5.41, 5.74) is 4.37. The van der Waals surface area contributed by atoms with Gasteiger partial charge in [-0.2, -0.15) is 0 Å². The lowest BCUT2D eigenvalue weighted by Gasteiger charge is -2.26. The van der Waals surface area contributed by atoms with Crippen LogP contribution in [-0.2, 0) is 13.1 Å². The molecule has 0 aromatic heterocycles. The standard InChI is InChI=1S/C28H42N2O6/c1-19(2)12-14-30(15-13-29-17-21-10-11-23(31-4)24(16-21)32-5)18-22-20(3)25(33-6)27(35-8)28(36-9)26(22)34-7/h10-12,16,29H,13-15,17-18H2,1-9H3. The molecule has 0 heterocycles. The summed E-state index contributed by atoms with van der Waals surface area (Å²) in [5.74, 6) is 3.83. The Morgan fingerprint density at radius 1 is 0.806 bits per heavy atom. The van der Waals surface area contributed by atoms with Gasteiger partial charge in [0.1, 0.15) is 0 Å². The fourth-order valence-corrected chi connectivity index (χ4v) is 4.07. The number of hydrogen-bond acceptors (Lipinski definition) is 8. The quantitative estimate of drug-likeness (QED) is 0.280. The first-order chi connectivity index (χ1) is 17.3. The largest absolute Gasteiger partial charge is 0.493 e. The van der Waals surface area contributed by atoms with Crippen LogP contribution in [0, 0.1) is 6.92 Å². The smallest absolute Gasteiger partial charge is 0.207 e. The molecule has 200 valence electrons. The molecule has 2 aromatic carbocycles. The molecular weight excluding hydrogens is 460 g/mol. The molecule has 0 amide bonds. The Morgan fingerprint density at radius 3 is 1.97 bits per heavy atom. The number of benzene rings is 2. The van der Waals surface area contributed by atoms with Crippen LogP contribution in [0.2, 0.25) is 0 Å². The van der Waals surface area contributed by atoms with E-state index < -0.39 is 0 Å². The number of rotatable bonds is 15. The average Bonchev–Trinajstić information content (AvgIpc) is 2.89. The lowest BCUT2D eigenvalue weighted by molar-refractivity contribution is 0.273. The maximum absolute atomic E-state index is 5.80. The van der Waals surface area contributed by atoms with Crippen LogP contribution in [0.25, 0.3) is 0 Å². The van der Waals surface area contributed by atoms with Crippen molar-refractivity contribution in [2.24, 2.45) is 0 Å². The second-order valence-corrected chi connectivity index (χ2v) is 8.62. The van der Waals surface area contributed by atoms with E-state index >= 15 is 0 Å². The molecule has 1 N–H and O–H groups in total. The molecule has 0 atom stereocenters. The first-order valence-corrected chi connectivity index (χ1v) is 12.0. The fraction of sp³-hybridized carbons (Fsp3) is 0.500. The first kappa shape index (κ1) is 29.1. The van der Waals surface area contributed by atoms with E-state index in [1.165, 1.54) is 5.57 Å². The van der Waals surface area contributed by atoms with Crippen molar-refractivity contribution in [1.82, 2.24) is 10.2 Å². The van der Waals surface area contributed by atoms with E-state index in [-0.39, 0.29) is 0 Å². The van der Waals surface area contributed by atoms with Crippen molar-refractivity contribution >= 4 is 0 Å². The van der Waals surface area contributed by atoms with Gasteiger partial charge in [0.05, 0.1) is 42.7 Å². The molecule has 2 rings (SSSR count). The molecule has 0 fully saturated rings. The molecule has 0 radical (unpaired) electrons.